The van der Waals surface area contributed by atoms with Gasteiger partial charge < -0.3 is 39.9 Å². The molecule has 17 heteroatoms. The predicted octanol–water partition coefficient (Wildman–Crippen LogP) is -0.905. The molecule has 0 spiro atoms. The molecule has 1 aliphatic rings. The Morgan fingerprint density at radius 2 is 2.11 bits per heavy atom. The molecule has 3 heterocycles. The monoisotopic (exact) mass is 457 g/mol. The van der Waals surface area contributed by atoms with Gasteiger partial charge >= 0.3 is 16.4 Å². The van der Waals surface area contributed by atoms with Crippen LogP contribution in [0.2, 0.25) is 0 Å². The molecule has 1 saturated heterocycles. The van der Waals surface area contributed by atoms with E-state index in [1.165, 1.54) is 22.7 Å². The van der Waals surface area contributed by atoms with Crippen LogP contribution in [0.25, 0.3) is 11.2 Å². The molecular formula is C11H17N5O9P2S. The summed E-state index contributed by atoms with van der Waals surface area (Å²) in [5, 5.41) is 20.9. The zero-order valence-electron chi connectivity index (χ0n) is 14.1. The number of hydrogen-bond donors (Lipinski definition) is 6. The van der Waals surface area contributed by atoms with Crippen molar-refractivity contribution in [3.8, 4) is 0 Å². The first-order chi connectivity index (χ1) is 13.1. The van der Waals surface area contributed by atoms with Gasteiger partial charge in [-0.2, -0.15) is 0 Å². The minimum Gasteiger partial charge on any atom is -0.387 e. The molecule has 0 aliphatic carbocycles. The zero-order chi connectivity index (χ0) is 20.6. The molecule has 2 aromatic rings. The number of anilines is 1. The Kier molecular flexibility index (Phi) is 6.54. The lowest BCUT2D eigenvalue weighted by molar-refractivity contribution is -0.0485. The van der Waals surface area contributed by atoms with Gasteiger partial charge in [0.25, 0.3) is 0 Å². The number of ether oxygens (including phenoxy) is 1. The number of nitrogen functional groups attached to an aromatic ring is 1. The molecule has 0 radical (unpaired) electrons. The van der Waals surface area contributed by atoms with E-state index in [0.717, 1.165) is 0 Å². The number of fused-ring (bicyclic) bond motifs is 1. The van der Waals surface area contributed by atoms with E-state index in [0.29, 0.717) is 5.16 Å². The average molecular weight is 457 g/mol. The average Bonchev–Trinajstić information content (AvgIpc) is 3.14. The van der Waals surface area contributed by atoms with Crippen LogP contribution in [0.5, 0.6) is 0 Å². The lowest BCUT2D eigenvalue weighted by Gasteiger charge is -2.17. The number of thioether (sulfide) groups is 1. The summed E-state index contributed by atoms with van der Waals surface area (Å²) in [6, 6.07) is 0. The van der Waals surface area contributed by atoms with Crippen LogP contribution >= 0.6 is 28.2 Å². The molecule has 0 unspecified atom stereocenters. The van der Waals surface area contributed by atoms with Crippen molar-refractivity contribution in [1.82, 2.24) is 19.5 Å². The van der Waals surface area contributed by atoms with Crippen molar-refractivity contribution in [3.05, 3.63) is 6.33 Å². The van der Waals surface area contributed by atoms with Crippen molar-refractivity contribution >= 4 is 45.2 Å². The number of aliphatic hydroxyl groups is 2. The first-order valence-corrected chi connectivity index (χ1v) is 11.4. The number of aliphatic hydroxyl groups excluding tert-OH is 2. The van der Waals surface area contributed by atoms with Gasteiger partial charge in [-0.3, -0.25) is 4.57 Å². The quantitative estimate of drug-likeness (QED) is 0.169. The van der Waals surface area contributed by atoms with Crippen molar-refractivity contribution in [2.24, 2.45) is 0 Å². The van der Waals surface area contributed by atoms with Gasteiger partial charge in [0.15, 0.2) is 22.8 Å². The minimum absolute atomic E-state index is 0.140. The smallest absolute Gasteiger partial charge is 0.387 e. The van der Waals surface area contributed by atoms with Gasteiger partial charge in [0.05, 0.1) is 12.9 Å². The fourth-order valence-electron chi connectivity index (χ4n) is 2.54. The molecule has 0 saturated carbocycles. The lowest BCUT2D eigenvalue weighted by Crippen LogP contribution is -2.33. The molecule has 2 aromatic heterocycles. The van der Waals surface area contributed by atoms with Gasteiger partial charge in [0, 0.05) is 0 Å². The normalized spacial score (nSPS) is 26.8. The number of nitrogens with zero attached hydrogens (tertiary/aromatic N) is 4. The lowest BCUT2D eigenvalue weighted by atomic mass is 10.1. The molecule has 0 amide bonds. The van der Waals surface area contributed by atoms with Crippen LogP contribution in [-0.2, 0) is 18.1 Å². The summed E-state index contributed by atoms with van der Waals surface area (Å²) in [6.07, 6.45) is -2.00. The topological polar surface area (TPSA) is 216 Å². The molecule has 0 bridgehead atoms. The van der Waals surface area contributed by atoms with E-state index in [1.807, 2.05) is 0 Å². The van der Waals surface area contributed by atoms with Gasteiger partial charge in [0.1, 0.15) is 23.8 Å². The Hall–Kier alpha value is -0.960. The highest BCUT2D eigenvalue weighted by Gasteiger charge is 2.45. The molecule has 156 valence electrons. The van der Waals surface area contributed by atoms with Crippen LogP contribution in [0.1, 0.15) is 6.23 Å². The first kappa shape index (κ1) is 21.7. The molecule has 1 aliphatic heterocycles. The van der Waals surface area contributed by atoms with Crippen LogP contribution < -0.4 is 5.73 Å². The predicted molar refractivity (Wildman–Crippen MR) is 95.7 cm³/mol. The van der Waals surface area contributed by atoms with E-state index in [9.17, 15) is 19.7 Å². The summed E-state index contributed by atoms with van der Waals surface area (Å²) in [5.74, 6) is 0.140. The highest BCUT2D eigenvalue weighted by atomic mass is 32.2. The van der Waals surface area contributed by atoms with Crippen molar-refractivity contribution in [2.75, 3.05) is 18.6 Å². The number of nitrogens with two attached hydrogens (primary N) is 1. The second kappa shape index (κ2) is 8.42. The van der Waals surface area contributed by atoms with Gasteiger partial charge in [0.2, 0.25) is 0 Å². The van der Waals surface area contributed by atoms with E-state index in [-0.39, 0.29) is 17.0 Å². The maximum atomic E-state index is 10.7. The summed E-state index contributed by atoms with van der Waals surface area (Å²) in [6.45, 7) is -0.503. The number of aromatic nitrogens is 4. The van der Waals surface area contributed by atoms with Gasteiger partial charge in [-0.05, 0) is 6.26 Å². The zero-order valence-corrected chi connectivity index (χ0v) is 16.7. The first-order valence-electron chi connectivity index (χ1n) is 7.53. The molecule has 0 aromatic carbocycles. The second-order valence-corrected chi connectivity index (χ2v) is 8.71. The molecule has 3 rings (SSSR count). The third-order valence-electron chi connectivity index (χ3n) is 3.75. The molecule has 5 atom stereocenters. The third-order valence-corrected chi connectivity index (χ3v) is 6.07. The third kappa shape index (κ3) is 4.61. The number of hydrogen-bond acceptors (Lipinski definition) is 12. The van der Waals surface area contributed by atoms with E-state index >= 15 is 0 Å². The molecule has 28 heavy (non-hydrogen) atoms. The van der Waals surface area contributed by atoms with Gasteiger partial charge in [-0.15, -0.1) is 0 Å². The highest BCUT2D eigenvalue weighted by molar-refractivity contribution is 7.98. The molecule has 14 nitrogen and oxygen atoms in total. The number of imidazole rings is 1. The Balaban J connectivity index is 1.76. The highest BCUT2D eigenvalue weighted by Crippen LogP contribution is 2.52. The van der Waals surface area contributed by atoms with Crippen molar-refractivity contribution in [2.45, 2.75) is 29.7 Å². The van der Waals surface area contributed by atoms with E-state index < -0.39 is 47.6 Å². The van der Waals surface area contributed by atoms with Gasteiger partial charge in [-0.1, -0.05) is 11.8 Å². The Bertz CT molecular complexity index is 897. The minimum atomic E-state index is -4.94. The SMILES string of the molecule is CSc1nc(N)c2ncn([C@@H]3O[C@H](CO[P@](O)OP(=O)(O)O)[C@@H](O)[C@H]3O)c2n1. The molecule has 7 N–H and O–H groups in total. The summed E-state index contributed by atoms with van der Waals surface area (Å²) < 4.78 is 26.3. The Labute approximate surface area is 162 Å². The van der Waals surface area contributed by atoms with Crippen molar-refractivity contribution in [1.29, 1.82) is 0 Å². The summed E-state index contributed by atoms with van der Waals surface area (Å²) >= 11 is 1.25. The van der Waals surface area contributed by atoms with Crippen molar-refractivity contribution < 1.29 is 43.0 Å². The number of phosphoric acid groups is 1. The van der Waals surface area contributed by atoms with Crippen LogP contribution in [0.3, 0.4) is 0 Å². The van der Waals surface area contributed by atoms with Crippen LogP contribution in [0, 0.1) is 0 Å². The summed E-state index contributed by atoms with van der Waals surface area (Å²) in [4.78, 5) is 39.0. The van der Waals surface area contributed by atoms with Crippen LogP contribution in [0.15, 0.2) is 11.5 Å². The van der Waals surface area contributed by atoms with Crippen LogP contribution in [0.4, 0.5) is 5.82 Å². The van der Waals surface area contributed by atoms with E-state index in [4.69, 9.17) is 24.8 Å². The second-order valence-electron chi connectivity index (χ2n) is 5.57. The molecular weight excluding hydrogens is 440 g/mol. The van der Waals surface area contributed by atoms with Crippen molar-refractivity contribution in [3.63, 3.8) is 0 Å². The van der Waals surface area contributed by atoms with E-state index in [1.54, 1.807) is 6.26 Å². The van der Waals surface area contributed by atoms with Gasteiger partial charge in [-0.25, -0.2) is 23.8 Å². The fourth-order valence-corrected chi connectivity index (χ4v) is 4.10. The maximum absolute atomic E-state index is 10.7. The summed E-state index contributed by atoms with van der Waals surface area (Å²) in [5.41, 5.74) is 6.42. The molecule has 1 fully saturated rings. The fraction of sp³-hybridized carbons (Fsp3) is 0.545. The maximum Gasteiger partial charge on any atom is 0.476 e. The number of rotatable bonds is 7. The summed E-state index contributed by atoms with van der Waals surface area (Å²) in [7, 11) is -7.85. The largest absolute Gasteiger partial charge is 0.476 e. The Morgan fingerprint density at radius 1 is 1.39 bits per heavy atom. The standard InChI is InChI=1S/C11H17N5O9P2S/c1-28-11-14-8(12)5-9(15-11)16(3-13-5)10-7(18)6(17)4(24-10)2-23-26(19)25-27(20,21)22/h3-4,6-7,10,17-19H,2H2,1H3,(H2,12,14,15)(H2,20,21,22)/t4-,6-,7-,10-,26+/m1/s1. The van der Waals surface area contributed by atoms with Crippen LogP contribution in [-0.4, -0.2) is 75.6 Å². The van der Waals surface area contributed by atoms with E-state index in [2.05, 4.69) is 19.3 Å². The Morgan fingerprint density at radius 3 is 2.75 bits per heavy atom.